The van der Waals surface area contributed by atoms with Gasteiger partial charge in [0.15, 0.2) is 5.43 Å². The second-order valence-electron chi connectivity index (χ2n) is 5.23. The Hall–Kier alpha value is -1.68. The normalized spacial score (nSPS) is 16.3. The van der Waals surface area contributed by atoms with Crippen molar-refractivity contribution in [1.29, 1.82) is 0 Å². The number of likely N-dealkylation sites (tertiary alicyclic amines) is 1. The quantitative estimate of drug-likeness (QED) is 0.901. The van der Waals surface area contributed by atoms with Crippen LogP contribution in [0, 0.1) is 12.7 Å². The maximum absolute atomic E-state index is 13.3. The molecule has 0 spiro atoms. The molecule has 0 amide bonds. The van der Waals surface area contributed by atoms with Crippen LogP contribution in [0.2, 0.25) is 0 Å². The Morgan fingerprint density at radius 3 is 2.79 bits per heavy atom. The molecule has 0 bridgehead atoms. The van der Waals surface area contributed by atoms with Crippen LogP contribution in [0.25, 0.3) is 10.9 Å². The van der Waals surface area contributed by atoms with Gasteiger partial charge in [0.2, 0.25) is 0 Å². The van der Waals surface area contributed by atoms with Crippen LogP contribution in [0.4, 0.5) is 4.39 Å². The molecule has 2 heterocycles. The minimum Gasteiger partial charge on any atom is -0.358 e. The average Bonchev–Trinajstić information content (AvgIpc) is 2.89. The highest BCUT2D eigenvalue weighted by Gasteiger charge is 2.16. The Morgan fingerprint density at radius 2 is 2.05 bits per heavy atom. The van der Waals surface area contributed by atoms with Crippen molar-refractivity contribution >= 4 is 10.9 Å². The van der Waals surface area contributed by atoms with Crippen molar-refractivity contribution in [2.24, 2.45) is 0 Å². The lowest BCUT2D eigenvalue weighted by Gasteiger charge is -2.16. The summed E-state index contributed by atoms with van der Waals surface area (Å²) < 4.78 is 13.3. The van der Waals surface area contributed by atoms with E-state index in [4.69, 9.17) is 0 Å². The Balaban J connectivity index is 2.10. The molecule has 0 radical (unpaired) electrons. The molecule has 1 N–H and O–H groups in total. The van der Waals surface area contributed by atoms with Crippen molar-refractivity contribution in [3.8, 4) is 0 Å². The van der Waals surface area contributed by atoms with Gasteiger partial charge in [0.1, 0.15) is 5.82 Å². The molecule has 0 unspecified atom stereocenters. The van der Waals surface area contributed by atoms with Crippen molar-refractivity contribution in [2.45, 2.75) is 26.3 Å². The molecular formula is C15H17FN2O. The van der Waals surface area contributed by atoms with Crippen LogP contribution in [0.1, 0.15) is 24.1 Å². The van der Waals surface area contributed by atoms with E-state index in [1.807, 2.05) is 6.92 Å². The number of nitrogens with one attached hydrogen (secondary N) is 1. The van der Waals surface area contributed by atoms with Gasteiger partial charge in [-0.15, -0.1) is 0 Å². The van der Waals surface area contributed by atoms with Gasteiger partial charge in [-0.1, -0.05) is 0 Å². The van der Waals surface area contributed by atoms with Gasteiger partial charge >= 0.3 is 0 Å². The van der Waals surface area contributed by atoms with Crippen molar-refractivity contribution in [3.05, 3.63) is 45.5 Å². The lowest BCUT2D eigenvalue weighted by atomic mass is 10.1. The number of benzene rings is 1. The predicted molar refractivity (Wildman–Crippen MR) is 73.8 cm³/mol. The van der Waals surface area contributed by atoms with E-state index in [1.165, 1.54) is 25.0 Å². The van der Waals surface area contributed by atoms with Gasteiger partial charge in [-0.3, -0.25) is 9.69 Å². The molecule has 1 aromatic carbocycles. The predicted octanol–water partition coefficient (Wildman–Crippen LogP) is 2.57. The number of rotatable bonds is 2. The summed E-state index contributed by atoms with van der Waals surface area (Å²) in [5, 5.41) is 0.444. The summed E-state index contributed by atoms with van der Waals surface area (Å²) in [6.07, 6.45) is 2.39. The molecule has 1 aliphatic heterocycles. The lowest BCUT2D eigenvalue weighted by molar-refractivity contribution is 0.329. The van der Waals surface area contributed by atoms with Crippen LogP contribution in [0.5, 0.6) is 0 Å². The molecule has 0 atom stereocenters. The topological polar surface area (TPSA) is 36.1 Å². The Kier molecular flexibility index (Phi) is 3.11. The summed E-state index contributed by atoms with van der Waals surface area (Å²) in [5.74, 6) is -0.367. The molecule has 1 saturated heterocycles. The van der Waals surface area contributed by atoms with Gasteiger partial charge in [0.05, 0.1) is 0 Å². The van der Waals surface area contributed by atoms with Crippen LogP contribution >= 0.6 is 0 Å². The van der Waals surface area contributed by atoms with E-state index in [0.717, 1.165) is 24.3 Å². The molecular weight excluding hydrogens is 243 g/mol. The number of nitrogens with zero attached hydrogens (tertiary/aromatic N) is 1. The van der Waals surface area contributed by atoms with Crippen LogP contribution < -0.4 is 5.43 Å². The first-order chi connectivity index (χ1) is 9.15. The third-order valence-corrected chi connectivity index (χ3v) is 3.86. The zero-order chi connectivity index (χ0) is 13.4. The average molecular weight is 260 g/mol. The zero-order valence-corrected chi connectivity index (χ0v) is 11.0. The molecule has 3 nitrogen and oxygen atoms in total. The van der Waals surface area contributed by atoms with E-state index in [0.29, 0.717) is 17.4 Å². The third-order valence-electron chi connectivity index (χ3n) is 3.86. The highest BCUT2D eigenvalue weighted by molar-refractivity contribution is 5.79. The maximum atomic E-state index is 13.3. The summed E-state index contributed by atoms with van der Waals surface area (Å²) in [4.78, 5) is 18.0. The van der Waals surface area contributed by atoms with Crippen molar-refractivity contribution in [1.82, 2.24) is 9.88 Å². The third kappa shape index (κ3) is 2.28. The number of hydrogen-bond acceptors (Lipinski definition) is 2. The minimum atomic E-state index is -0.367. The van der Waals surface area contributed by atoms with Crippen molar-refractivity contribution < 1.29 is 4.39 Å². The molecule has 100 valence electrons. The van der Waals surface area contributed by atoms with Gasteiger partial charge in [0.25, 0.3) is 0 Å². The zero-order valence-electron chi connectivity index (χ0n) is 11.0. The number of pyridine rings is 1. The Labute approximate surface area is 111 Å². The summed E-state index contributed by atoms with van der Waals surface area (Å²) in [6, 6.07) is 4.32. The van der Waals surface area contributed by atoms with Gasteiger partial charge < -0.3 is 4.98 Å². The molecule has 19 heavy (non-hydrogen) atoms. The highest BCUT2D eigenvalue weighted by atomic mass is 19.1. The number of hydrogen-bond donors (Lipinski definition) is 1. The van der Waals surface area contributed by atoms with Crippen molar-refractivity contribution in [2.75, 3.05) is 13.1 Å². The number of fused-ring (bicyclic) bond motifs is 1. The number of aromatic amines is 1. The molecule has 4 heteroatoms. The van der Waals surface area contributed by atoms with Crippen molar-refractivity contribution in [3.63, 3.8) is 0 Å². The fourth-order valence-electron chi connectivity index (χ4n) is 2.78. The fraction of sp³-hybridized carbons (Fsp3) is 0.400. The summed E-state index contributed by atoms with van der Waals surface area (Å²) in [7, 11) is 0. The first-order valence-corrected chi connectivity index (χ1v) is 6.68. The summed E-state index contributed by atoms with van der Waals surface area (Å²) in [5.41, 5.74) is 2.31. The fourth-order valence-corrected chi connectivity index (χ4v) is 2.78. The molecule has 1 fully saturated rings. The Morgan fingerprint density at radius 1 is 1.32 bits per heavy atom. The monoisotopic (exact) mass is 260 g/mol. The number of aromatic nitrogens is 1. The van der Waals surface area contributed by atoms with Crippen LogP contribution in [0.15, 0.2) is 23.0 Å². The van der Waals surface area contributed by atoms with Gasteiger partial charge in [0, 0.05) is 28.7 Å². The molecule has 1 aliphatic rings. The minimum absolute atomic E-state index is 0.0438. The molecule has 2 aromatic rings. The van der Waals surface area contributed by atoms with Gasteiger partial charge in [-0.2, -0.15) is 0 Å². The van der Waals surface area contributed by atoms with E-state index >= 15 is 0 Å². The van der Waals surface area contributed by atoms with E-state index in [1.54, 1.807) is 6.07 Å². The SMILES string of the molecule is Cc1[nH]c2ccc(F)cc2c(=O)c1CN1CCCC1. The summed E-state index contributed by atoms with van der Waals surface area (Å²) in [6.45, 7) is 4.66. The number of aryl methyl sites for hydroxylation is 1. The molecule has 1 aromatic heterocycles. The first kappa shape index (κ1) is 12.4. The first-order valence-electron chi connectivity index (χ1n) is 6.68. The smallest absolute Gasteiger partial charge is 0.194 e. The Bertz CT molecular complexity index is 672. The highest BCUT2D eigenvalue weighted by Crippen LogP contribution is 2.16. The summed E-state index contributed by atoms with van der Waals surface area (Å²) >= 11 is 0. The van der Waals surface area contributed by atoms with Crippen LogP contribution in [-0.4, -0.2) is 23.0 Å². The lowest BCUT2D eigenvalue weighted by Crippen LogP contribution is -2.24. The van der Waals surface area contributed by atoms with E-state index in [-0.39, 0.29) is 11.2 Å². The van der Waals surface area contributed by atoms with Crippen LogP contribution in [-0.2, 0) is 6.54 Å². The molecule has 0 saturated carbocycles. The second-order valence-corrected chi connectivity index (χ2v) is 5.23. The van der Waals surface area contributed by atoms with Gasteiger partial charge in [-0.05, 0) is 51.1 Å². The van der Waals surface area contributed by atoms with E-state index in [9.17, 15) is 9.18 Å². The number of H-pyrrole nitrogens is 1. The van der Waals surface area contributed by atoms with E-state index in [2.05, 4.69) is 9.88 Å². The maximum Gasteiger partial charge on any atom is 0.194 e. The second kappa shape index (κ2) is 4.78. The molecule has 0 aliphatic carbocycles. The van der Waals surface area contributed by atoms with Gasteiger partial charge in [-0.25, -0.2) is 4.39 Å². The molecule has 3 rings (SSSR count). The number of halogens is 1. The van der Waals surface area contributed by atoms with Crippen LogP contribution in [0.3, 0.4) is 0 Å². The van der Waals surface area contributed by atoms with E-state index < -0.39 is 0 Å². The largest absolute Gasteiger partial charge is 0.358 e. The standard InChI is InChI=1S/C15H17FN2O/c1-10-13(9-18-6-2-3-7-18)15(19)12-8-11(16)4-5-14(12)17-10/h4-5,8H,2-3,6-7,9H2,1H3,(H,17,19).